The number of carbonyl (C=O) groups excluding carboxylic acids is 1. The van der Waals surface area contributed by atoms with Gasteiger partial charge in [-0.3, -0.25) is 0 Å². The Kier molecular flexibility index (Phi) is 7.25. The maximum atomic E-state index is 12.8. The number of thiazole rings is 1. The first-order valence-electron chi connectivity index (χ1n) is 10.8. The Morgan fingerprint density at radius 3 is 2.31 bits per heavy atom. The van der Waals surface area contributed by atoms with Gasteiger partial charge in [-0.1, -0.05) is 24.3 Å². The number of hydrogen-bond donors (Lipinski definition) is 0. The molecule has 0 aliphatic rings. The molecule has 0 amide bonds. The van der Waals surface area contributed by atoms with Gasteiger partial charge in [0.05, 0.1) is 23.2 Å². The van der Waals surface area contributed by atoms with Gasteiger partial charge in [0.15, 0.2) is 0 Å². The minimum Gasteiger partial charge on any atom is -0.488 e. The number of nitrogens with zero attached hydrogens (tertiary/aromatic N) is 2. The minimum absolute atomic E-state index is 0.289. The number of esters is 1. The first-order chi connectivity index (χ1) is 16.7. The molecule has 2 aromatic heterocycles. The van der Waals surface area contributed by atoms with Gasteiger partial charge in [-0.15, -0.1) is 11.3 Å². The summed E-state index contributed by atoms with van der Waals surface area (Å²) >= 11 is 1.39. The lowest BCUT2D eigenvalue weighted by molar-refractivity contribution is -0.144. The summed E-state index contributed by atoms with van der Waals surface area (Å²) in [6, 6.07) is 15.7. The minimum atomic E-state index is -4.37. The van der Waals surface area contributed by atoms with E-state index >= 15 is 0 Å². The second-order valence-corrected chi connectivity index (χ2v) is 8.99. The van der Waals surface area contributed by atoms with Crippen LogP contribution in [0.3, 0.4) is 0 Å². The number of rotatable bonds is 8. The van der Waals surface area contributed by atoms with E-state index in [1.165, 1.54) is 30.6 Å². The van der Waals surface area contributed by atoms with E-state index in [0.29, 0.717) is 22.7 Å². The number of carbonyl (C=O) groups is 1. The summed E-state index contributed by atoms with van der Waals surface area (Å²) in [6.07, 6.45) is -0.231. The smallest absolute Gasteiger partial charge is 0.416 e. The number of halogens is 3. The Balaban J connectivity index is 1.39. The summed E-state index contributed by atoms with van der Waals surface area (Å²) in [5, 5.41) is 0.643. The molecule has 0 aliphatic carbocycles. The second-order valence-electron chi connectivity index (χ2n) is 7.91. The number of ether oxygens (including phenoxy) is 2. The maximum absolute atomic E-state index is 12.8. The zero-order valence-electron chi connectivity index (χ0n) is 19.1. The normalized spacial score (nSPS) is 12.4. The molecule has 4 aromatic rings. The summed E-state index contributed by atoms with van der Waals surface area (Å²) in [6.45, 7) is 2.14. The van der Waals surface area contributed by atoms with Crippen LogP contribution in [0.5, 0.6) is 5.75 Å². The molecule has 0 saturated carbocycles. The fourth-order valence-electron chi connectivity index (χ4n) is 3.58. The van der Waals surface area contributed by atoms with Crippen LogP contribution < -0.4 is 4.74 Å². The van der Waals surface area contributed by atoms with E-state index in [-0.39, 0.29) is 12.6 Å². The third-order valence-corrected chi connectivity index (χ3v) is 6.71. The van der Waals surface area contributed by atoms with Crippen molar-refractivity contribution in [2.45, 2.75) is 32.2 Å². The molecule has 182 valence electrons. The van der Waals surface area contributed by atoms with Crippen molar-refractivity contribution in [1.29, 1.82) is 0 Å². The van der Waals surface area contributed by atoms with Crippen LogP contribution in [0.4, 0.5) is 13.2 Å². The highest BCUT2D eigenvalue weighted by atomic mass is 32.1. The van der Waals surface area contributed by atoms with Gasteiger partial charge in [0.2, 0.25) is 0 Å². The van der Waals surface area contributed by atoms with Gasteiger partial charge < -0.3 is 14.0 Å². The van der Waals surface area contributed by atoms with Crippen molar-refractivity contribution in [1.82, 2.24) is 9.55 Å². The van der Waals surface area contributed by atoms with Gasteiger partial charge in [0.25, 0.3) is 0 Å². The molecule has 0 spiro atoms. The fraction of sp³-hybridized carbons (Fsp3) is 0.231. The van der Waals surface area contributed by atoms with E-state index in [2.05, 4.69) is 4.98 Å². The van der Waals surface area contributed by atoms with Crippen molar-refractivity contribution in [2.24, 2.45) is 0 Å². The quantitative estimate of drug-likeness (QED) is 0.260. The molecule has 0 fully saturated rings. The molecule has 5 nitrogen and oxygen atoms in total. The molecule has 2 aromatic carbocycles. The Labute approximate surface area is 204 Å². The van der Waals surface area contributed by atoms with Crippen LogP contribution in [0.2, 0.25) is 0 Å². The lowest BCUT2D eigenvalue weighted by Crippen LogP contribution is -2.22. The van der Waals surface area contributed by atoms with Crippen molar-refractivity contribution in [3.63, 3.8) is 0 Å². The third kappa shape index (κ3) is 5.92. The van der Waals surface area contributed by atoms with E-state index in [0.717, 1.165) is 28.3 Å². The zero-order chi connectivity index (χ0) is 25.0. The Morgan fingerprint density at radius 1 is 1.06 bits per heavy atom. The molecule has 0 N–H and O–H groups in total. The number of aromatic nitrogens is 2. The van der Waals surface area contributed by atoms with Gasteiger partial charge >= 0.3 is 12.1 Å². The van der Waals surface area contributed by atoms with Crippen LogP contribution in [-0.4, -0.2) is 22.6 Å². The summed E-state index contributed by atoms with van der Waals surface area (Å²) in [5.41, 5.74) is 1.67. The molecule has 1 atom stereocenters. The predicted molar refractivity (Wildman–Crippen MR) is 127 cm³/mol. The summed E-state index contributed by atoms with van der Waals surface area (Å²) in [5.74, 6) is 0.347. The Hall–Kier alpha value is -3.59. The molecule has 0 bridgehead atoms. The van der Waals surface area contributed by atoms with E-state index in [1.54, 1.807) is 0 Å². The number of methoxy groups -OCH3 is 1. The van der Waals surface area contributed by atoms with Crippen LogP contribution in [0, 0.1) is 6.92 Å². The van der Waals surface area contributed by atoms with Gasteiger partial charge in [-0.2, -0.15) is 13.2 Å². The standard InChI is InChI=1S/C26H23F3N2O3S/c1-17-23(35-24(30-17)19-7-9-20(10-8-19)26(27,28)29)16-34-21-11-5-18(6-12-21)15-22(25(32)33-2)31-13-3-4-14-31/h3-14,22H,15-16H2,1-2H3. The molecule has 2 heterocycles. The lowest BCUT2D eigenvalue weighted by Gasteiger charge is -2.17. The average Bonchev–Trinajstić information content (AvgIpc) is 3.51. The number of benzene rings is 2. The topological polar surface area (TPSA) is 53.4 Å². The highest BCUT2D eigenvalue weighted by molar-refractivity contribution is 7.15. The van der Waals surface area contributed by atoms with Crippen LogP contribution in [-0.2, 0) is 28.7 Å². The van der Waals surface area contributed by atoms with Crippen LogP contribution in [0.25, 0.3) is 10.6 Å². The van der Waals surface area contributed by atoms with Gasteiger partial charge in [0, 0.05) is 24.4 Å². The molecular weight excluding hydrogens is 477 g/mol. The van der Waals surface area contributed by atoms with Gasteiger partial charge in [-0.25, -0.2) is 9.78 Å². The molecular formula is C26H23F3N2O3S. The molecule has 0 aliphatic heterocycles. The number of aryl methyl sites for hydroxylation is 1. The summed E-state index contributed by atoms with van der Waals surface area (Å²) in [7, 11) is 1.38. The molecule has 1 unspecified atom stereocenters. The monoisotopic (exact) mass is 500 g/mol. The fourth-order valence-corrected chi connectivity index (χ4v) is 4.56. The van der Waals surface area contributed by atoms with Gasteiger partial charge in [-0.05, 0) is 48.9 Å². The van der Waals surface area contributed by atoms with Crippen molar-refractivity contribution in [2.75, 3.05) is 7.11 Å². The van der Waals surface area contributed by atoms with E-state index in [1.807, 2.05) is 60.3 Å². The van der Waals surface area contributed by atoms with Crippen molar-refractivity contribution >= 4 is 17.3 Å². The highest BCUT2D eigenvalue weighted by Gasteiger charge is 2.30. The van der Waals surface area contributed by atoms with Gasteiger partial charge in [0.1, 0.15) is 23.4 Å². The summed E-state index contributed by atoms with van der Waals surface area (Å²) in [4.78, 5) is 17.6. The van der Waals surface area contributed by atoms with Crippen LogP contribution in [0.1, 0.15) is 27.7 Å². The first kappa shape index (κ1) is 24.5. The molecule has 9 heteroatoms. The maximum Gasteiger partial charge on any atom is 0.416 e. The second kappa shape index (κ2) is 10.4. The SMILES string of the molecule is COC(=O)C(Cc1ccc(OCc2sc(-c3ccc(C(F)(F)F)cc3)nc2C)cc1)n1cccc1. The molecule has 35 heavy (non-hydrogen) atoms. The highest BCUT2D eigenvalue weighted by Crippen LogP contribution is 2.33. The van der Waals surface area contributed by atoms with Crippen LogP contribution in [0.15, 0.2) is 73.1 Å². The third-order valence-electron chi connectivity index (χ3n) is 5.53. The van der Waals surface area contributed by atoms with E-state index in [4.69, 9.17) is 9.47 Å². The van der Waals surface area contributed by atoms with Crippen molar-refractivity contribution in [3.8, 4) is 16.3 Å². The summed E-state index contributed by atoms with van der Waals surface area (Å²) < 4.78 is 51.1. The molecule has 0 saturated heterocycles. The van der Waals surface area contributed by atoms with E-state index < -0.39 is 17.8 Å². The largest absolute Gasteiger partial charge is 0.488 e. The van der Waals surface area contributed by atoms with Crippen molar-refractivity contribution < 1.29 is 27.4 Å². The van der Waals surface area contributed by atoms with E-state index in [9.17, 15) is 18.0 Å². The lowest BCUT2D eigenvalue weighted by atomic mass is 10.1. The predicted octanol–water partition coefficient (Wildman–Crippen LogP) is 6.47. The Bertz CT molecular complexity index is 1260. The molecule has 4 rings (SSSR count). The van der Waals surface area contributed by atoms with Crippen LogP contribution >= 0.6 is 11.3 Å². The number of hydrogen-bond acceptors (Lipinski definition) is 5. The average molecular weight is 501 g/mol. The number of alkyl halides is 3. The Morgan fingerprint density at radius 2 is 1.71 bits per heavy atom. The zero-order valence-corrected chi connectivity index (χ0v) is 19.9. The molecule has 0 radical (unpaired) electrons. The first-order valence-corrected chi connectivity index (χ1v) is 11.6. The van der Waals surface area contributed by atoms with Crippen molar-refractivity contribution in [3.05, 3.63) is 94.8 Å².